The van der Waals surface area contributed by atoms with Crippen LogP contribution in [0.15, 0.2) is 22.7 Å². The Bertz CT molecular complexity index is 956. The van der Waals surface area contributed by atoms with Crippen LogP contribution < -0.4 is 20.7 Å². The van der Waals surface area contributed by atoms with Crippen LogP contribution in [0.25, 0.3) is 0 Å². The second kappa shape index (κ2) is 10.0. The van der Waals surface area contributed by atoms with E-state index in [1.165, 1.54) is 0 Å². The van der Waals surface area contributed by atoms with E-state index in [4.69, 9.17) is 9.26 Å². The van der Waals surface area contributed by atoms with Crippen LogP contribution in [0.2, 0.25) is 0 Å². The summed E-state index contributed by atoms with van der Waals surface area (Å²) >= 11 is 0. The highest BCUT2D eigenvalue weighted by Gasteiger charge is 2.32. The number of hydrogen-bond acceptors (Lipinski definition) is 7. The molecule has 1 aliphatic rings. The molecule has 2 aromatic rings. The molecule has 3 atom stereocenters. The fraction of sp³-hybridized carbons (Fsp3) is 0.500. The quantitative estimate of drug-likeness (QED) is 0.537. The summed E-state index contributed by atoms with van der Waals surface area (Å²) in [5, 5.41) is 22.1. The van der Waals surface area contributed by atoms with Crippen LogP contribution in [-0.4, -0.2) is 66.0 Å². The summed E-state index contributed by atoms with van der Waals surface area (Å²) in [4.78, 5) is 27.5. The third-order valence-electron chi connectivity index (χ3n) is 5.60. The molecule has 1 aromatic heterocycles. The summed E-state index contributed by atoms with van der Waals surface area (Å²) in [6.07, 6.45) is -0.165. The second-order valence-electron chi connectivity index (χ2n) is 8.17. The molecule has 3 rings (SSSR count). The molecule has 0 aliphatic carbocycles. The van der Waals surface area contributed by atoms with Crippen molar-refractivity contribution in [2.24, 2.45) is 5.92 Å². The summed E-state index contributed by atoms with van der Waals surface area (Å²) in [5.41, 5.74) is 1.83. The molecule has 174 valence electrons. The number of carbonyl (C=O) groups is 2. The number of aliphatic hydroxyl groups excluding tert-OH is 1. The smallest absolute Gasteiger partial charge is 0.323 e. The van der Waals surface area contributed by atoms with Gasteiger partial charge in [0.1, 0.15) is 23.2 Å². The van der Waals surface area contributed by atoms with Crippen LogP contribution in [-0.2, 0) is 0 Å². The lowest BCUT2D eigenvalue weighted by atomic mass is 9.99. The SMILES string of the molecule is CNC[C@@H]1Oc2ccc(NC(=O)Nc3c(C)noc3C)cc2C(=O)N([C@@H](C)CO)C[C@H]1C. The first-order valence-electron chi connectivity index (χ1n) is 10.6. The first-order chi connectivity index (χ1) is 15.2. The minimum absolute atomic E-state index is 0.0483. The maximum atomic E-state index is 13.4. The zero-order chi connectivity index (χ0) is 23.4. The zero-order valence-corrected chi connectivity index (χ0v) is 19.1. The van der Waals surface area contributed by atoms with Crippen molar-refractivity contribution in [1.29, 1.82) is 0 Å². The molecule has 1 aliphatic heterocycles. The summed E-state index contributed by atoms with van der Waals surface area (Å²) in [7, 11) is 1.85. The van der Waals surface area contributed by atoms with Gasteiger partial charge < -0.3 is 35.2 Å². The van der Waals surface area contributed by atoms with Gasteiger partial charge in [0, 0.05) is 24.7 Å². The Labute approximate surface area is 187 Å². The minimum Gasteiger partial charge on any atom is -0.488 e. The van der Waals surface area contributed by atoms with E-state index in [-0.39, 0.29) is 30.6 Å². The van der Waals surface area contributed by atoms with Crippen molar-refractivity contribution in [3.8, 4) is 5.75 Å². The Morgan fingerprint density at radius 3 is 2.72 bits per heavy atom. The molecule has 2 heterocycles. The number of hydrogen-bond donors (Lipinski definition) is 4. The maximum absolute atomic E-state index is 13.4. The standard InChI is InChI=1S/C22H31N5O5/c1-12-10-27(13(2)11-28)21(29)17-8-16(6-7-18(17)31-19(12)9-23-5)24-22(30)25-20-14(3)26-32-15(20)4/h6-8,12-13,19,23,28H,9-11H2,1-5H3,(H2,24,25,30)/t12-,13+,19+/m1/s1. The number of aliphatic hydroxyl groups is 1. The molecular weight excluding hydrogens is 414 g/mol. The van der Waals surface area contributed by atoms with Crippen LogP contribution in [0.4, 0.5) is 16.2 Å². The predicted molar refractivity (Wildman–Crippen MR) is 120 cm³/mol. The van der Waals surface area contributed by atoms with Gasteiger partial charge in [-0.3, -0.25) is 4.79 Å². The lowest BCUT2D eigenvalue weighted by molar-refractivity contribution is 0.0416. The lowest BCUT2D eigenvalue weighted by Gasteiger charge is -2.37. The first-order valence-corrected chi connectivity index (χ1v) is 10.6. The molecule has 0 bridgehead atoms. The van der Waals surface area contributed by atoms with Crippen LogP contribution >= 0.6 is 0 Å². The average Bonchev–Trinajstić information content (AvgIpc) is 3.08. The fourth-order valence-electron chi connectivity index (χ4n) is 3.68. The Morgan fingerprint density at radius 1 is 1.34 bits per heavy atom. The summed E-state index contributed by atoms with van der Waals surface area (Å²) in [6.45, 7) is 8.16. The molecule has 1 aromatic carbocycles. The summed E-state index contributed by atoms with van der Waals surface area (Å²) in [5.74, 6) is 0.727. The Morgan fingerprint density at radius 2 is 2.09 bits per heavy atom. The van der Waals surface area contributed by atoms with Crippen LogP contribution in [0, 0.1) is 19.8 Å². The third-order valence-corrected chi connectivity index (χ3v) is 5.60. The number of rotatable bonds is 6. The number of nitrogens with zero attached hydrogens (tertiary/aromatic N) is 2. The first kappa shape index (κ1) is 23.6. The van der Waals surface area contributed by atoms with Crippen molar-refractivity contribution >= 4 is 23.3 Å². The number of amides is 3. The van der Waals surface area contributed by atoms with Crippen molar-refractivity contribution in [1.82, 2.24) is 15.4 Å². The zero-order valence-electron chi connectivity index (χ0n) is 19.1. The van der Waals surface area contributed by atoms with E-state index in [1.54, 1.807) is 43.9 Å². The normalized spacial score (nSPS) is 19.4. The monoisotopic (exact) mass is 445 g/mol. The molecule has 0 radical (unpaired) electrons. The molecule has 0 unspecified atom stereocenters. The van der Waals surface area contributed by atoms with Gasteiger partial charge in [-0.15, -0.1) is 0 Å². The highest BCUT2D eigenvalue weighted by molar-refractivity contribution is 6.03. The van der Waals surface area contributed by atoms with Gasteiger partial charge in [-0.25, -0.2) is 4.79 Å². The molecular formula is C22H31N5O5. The molecule has 4 N–H and O–H groups in total. The van der Waals surface area contributed by atoms with Crippen molar-refractivity contribution in [3.05, 3.63) is 35.2 Å². The predicted octanol–water partition coefficient (Wildman–Crippen LogP) is 2.37. The van der Waals surface area contributed by atoms with E-state index < -0.39 is 6.03 Å². The number of fused-ring (bicyclic) bond motifs is 1. The molecule has 0 spiro atoms. The number of urea groups is 1. The number of aryl methyl sites for hydroxylation is 2. The van der Waals surface area contributed by atoms with Crippen LogP contribution in [0.1, 0.15) is 35.7 Å². The number of carbonyl (C=O) groups excluding carboxylic acids is 2. The van der Waals surface area contributed by atoms with Crippen molar-refractivity contribution in [2.45, 2.75) is 39.8 Å². The van der Waals surface area contributed by atoms with Gasteiger partial charge in [0.15, 0.2) is 5.76 Å². The number of nitrogens with one attached hydrogen (secondary N) is 3. The number of likely N-dealkylation sites (N-methyl/N-ethyl adjacent to an activating group) is 1. The fourth-order valence-corrected chi connectivity index (χ4v) is 3.68. The molecule has 3 amide bonds. The lowest BCUT2D eigenvalue weighted by Crippen LogP contribution is -2.49. The number of anilines is 2. The van der Waals surface area contributed by atoms with Gasteiger partial charge in [0.05, 0.1) is 18.2 Å². The van der Waals surface area contributed by atoms with Gasteiger partial charge in [0.25, 0.3) is 5.91 Å². The van der Waals surface area contributed by atoms with E-state index in [0.29, 0.717) is 47.2 Å². The van der Waals surface area contributed by atoms with E-state index in [9.17, 15) is 14.7 Å². The average molecular weight is 446 g/mol. The molecule has 10 heteroatoms. The van der Waals surface area contributed by atoms with Gasteiger partial charge in [-0.2, -0.15) is 0 Å². The third kappa shape index (κ3) is 5.03. The van der Waals surface area contributed by atoms with Crippen molar-refractivity contribution in [3.63, 3.8) is 0 Å². The second-order valence-corrected chi connectivity index (χ2v) is 8.17. The maximum Gasteiger partial charge on any atom is 0.323 e. The molecule has 0 saturated carbocycles. The molecule has 0 fully saturated rings. The van der Waals surface area contributed by atoms with Gasteiger partial charge >= 0.3 is 6.03 Å². The Hall–Kier alpha value is -3.11. The number of aromatic nitrogens is 1. The summed E-state index contributed by atoms with van der Waals surface area (Å²) in [6, 6.07) is 4.11. The van der Waals surface area contributed by atoms with Crippen LogP contribution in [0.5, 0.6) is 5.75 Å². The van der Waals surface area contributed by atoms with Crippen LogP contribution in [0.3, 0.4) is 0 Å². The van der Waals surface area contributed by atoms with E-state index >= 15 is 0 Å². The largest absolute Gasteiger partial charge is 0.488 e. The summed E-state index contributed by atoms with van der Waals surface area (Å²) < 4.78 is 11.2. The van der Waals surface area contributed by atoms with E-state index in [0.717, 1.165) is 0 Å². The number of ether oxygens (including phenoxy) is 1. The highest BCUT2D eigenvalue weighted by atomic mass is 16.5. The number of benzene rings is 1. The van der Waals surface area contributed by atoms with Crippen molar-refractivity contribution in [2.75, 3.05) is 37.4 Å². The van der Waals surface area contributed by atoms with E-state index in [1.807, 2.05) is 14.0 Å². The Kier molecular flexibility index (Phi) is 7.37. The van der Waals surface area contributed by atoms with Gasteiger partial charge in [0.2, 0.25) is 0 Å². The van der Waals surface area contributed by atoms with Gasteiger partial charge in [-0.1, -0.05) is 12.1 Å². The van der Waals surface area contributed by atoms with Gasteiger partial charge in [-0.05, 0) is 46.0 Å². The molecule has 0 saturated heterocycles. The highest BCUT2D eigenvalue weighted by Crippen LogP contribution is 2.30. The topological polar surface area (TPSA) is 129 Å². The van der Waals surface area contributed by atoms with Crippen molar-refractivity contribution < 1.29 is 24.0 Å². The molecule has 32 heavy (non-hydrogen) atoms. The molecule has 10 nitrogen and oxygen atoms in total. The van der Waals surface area contributed by atoms with E-state index in [2.05, 4.69) is 21.1 Å². The minimum atomic E-state index is -0.485. The Balaban J connectivity index is 1.89.